The van der Waals surface area contributed by atoms with Crippen LogP contribution in [0.4, 0.5) is 5.69 Å². The van der Waals surface area contributed by atoms with Gasteiger partial charge in [0.05, 0.1) is 0 Å². The molecule has 0 fully saturated rings. The Morgan fingerprint density at radius 3 is 2.21 bits per heavy atom. The summed E-state index contributed by atoms with van der Waals surface area (Å²) in [7, 11) is 1.74. The summed E-state index contributed by atoms with van der Waals surface area (Å²) >= 11 is 0. The molecule has 0 saturated heterocycles. The van der Waals surface area contributed by atoms with Crippen LogP contribution in [0.3, 0.4) is 0 Å². The first kappa shape index (κ1) is 26.9. The lowest BCUT2D eigenvalue weighted by Gasteiger charge is -2.17. The van der Waals surface area contributed by atoms with E-state index in [1.807, 2.05) is 24.3 Å². The normalized spacial score (nSPS) is 9.72. The van der Waals surface area contributed by atoms with E-state index in [9.17, 15) is 9.59 Å². The van der Waals surface area contributed by atoms with Crippen LogP contribution < -0.4 is 16.0 Å². The van der Waals surface area contributed by atoms with Gasteiger partial charge in [-0.2, -0.15) is 0 Å². The Labute approximate surface area is 185 Å². The topological polar surface area (TPSA) is 88.3 Å². The third-order valence-corrected chi connectivity index (χ3v) is 4.40. The lowest BCUT2D eigenvalue weighted by Crippen LogP contribution is -2.26. The minimum Gasteiger partial charge on any atom is -0.352 e. The first-order valence-corrected chi connectivity index (χ1v) is 9.35. The molecule has 6 nitrogen and oxygen atoms in total. The Hall–Kier alpha value is -2.15. The summed E-state index contributed by atoms with van der Waals surface area (Å²) in [6, 6.07) is 11.0. The fraction of sp³-hybridized carbons (Fsp3) is 0.381. The molecule has 0 aliphatic rings. The van der Waals surface area contributed by atoms with Crippen molar-refractivity contribution in [3.05, 3.63) is 59.9 Å². The highest BCUT2D eigenvalue weighted by molar-refractivity contribution is 6.05. The second kappa shape index (κ2) is 14.8. The van der Waals surface area contributed by atoms with E-state index in [0.717, 1.165) is 36.9 Å². The molecular weight excluding hydrogens is 411 g/mol. The first-order chi connectivity index (χ1) is 13.1. The van der Waals surface area contributed by atoms with Crippen LogP contribution in [-0.2, 0) is 11.3 Å². The predicted octanol–water partition coefficient (Wildman–Crippen LogP) is 3.73. The fourth-order valence-electron chi connectivity index (χ4n) is 2.72. The molecule has 8 heteroatoms. The maximum absolute atomic E-state index is 12.4. The van der Waals surface area contributed by atoms with Gasteiger partial charge < -0.3 is 16.0 Å². The number of hydrogen-bond donors (Lipinski definition) is 2. The Morgan fingerprint density at radius 2 is 1.59 bits per heavy atom. The van der Waals surface area contributed by atoms with Crippen LogP contribution in [0.5, 0.6) is 0 Å². The molecule has 2 amide bonds. The average Bonchev–Trinajstić information content (AvgIpc) is 2.72. The van der Waals surface area contributed by atoms with Crippen molar-refractivity contribution in [1.29, 1.82) is 0 Å². The second-order valence-electron chi connectivity index (χ2n) is 6.50. The fourth-order valence-corrected chi connectivity index (χ4v) is 2.72. The zero-order chi connectivity index (χ0) is 19.5. The minimum absolute atomic E-state index is 0. The van der Waals surface area contributed by atoms with Gasteiger partial charge in [0.1, 0.15) is 0 Å². The molecule has 0 aliphatic carbocycles. The molecule has 0 aliphatic heterocycles. The van der Waals surface area contributed by atoms with Gasteiger partial charge in [-0.25, -0.2) is 0 Å². The molecule has 0 spiro atoms. The molecule has 2 aromatic rings. The maximum Gasteiger partial charge on any atom is 0.258 e. The van der Waals surface area contributed by atoms with Crippen LogP contribution in [0, 0.1) is 0 Å². The lowest BCUT2D eigenvalue weighted by molar-refractivity contribution is -0.121. The monoisotopic (exact) mass is 440 g/mol. The van der Waals surface area contributed by atoms with Gasteiger partial charge in [0, 0.05) is 43.7 Å². The third kappa shape index (κ3) is 9.26. The SMILES string of the molecule is CN(C(=O)c1ccncc1)c1ccc(CNC(=O)CCCCCCN)cc1.Cl.Cl. The van der Waals surface area contributed by atoms with E-state index in [4.69, 9.17) is 5.73 Å². The predicted molar refractivity (Wildman–Crippen MR) is 122 cm³/mol. The van der Waals surface area contributed by atoms with Crippen molar-refractivity contribution in [1.82, 2.24) is 10.3 Å². The number of carbonyl (C=O) groups excluding carboxylic acids is 2. The van der Waals surface area contributed by atoms with E-state index < -0.39 is 0 Å². The summed E-state index contributed by atoms with van der Waals surface area (Å²) < 4.78 is 0. The molecule has 2 rings (SSSR count). The first-order valence-electron chi connectivity index (χ1n) is 9.35. The number of nitrogens with one attached hydrogen (secondary N) is 1. The summed E-state index contributed by atoms with van der Waals surface area (Å²) in [5.41, 5.74) is 7.85. The average molecular weight is 441 g/mol. The Morgan fingerprint density at radius 1 is 0.966 bits per heavy atom. The molecular formula is C21H30Cl2N4O2. The highest BCUT2D eigenvalue weighted by Gasteiger charge is 2.13. The number of anilines is 1. The number of aromatic nitrogens is 1. The smallest absolute Gasteiger partial charge is 0.258 e. The van der Waals surface area contributed by atoms with Gasteiger partial charge in [-0.15, -0.1) is 24.8 Å². The van der Waals surface area contributed by atoms with Gasteiger partial charge in [-0.05, 0) is 49.2 Å². The number of rotatable bonds is 10. The molecule has 0 bridgehead atoms. The van der Waals surface area contributed by atoms with Crippen molar-refractivity contribution < 1.29 is 9.59 Å². The van der Waals surface area contributed by atoms with Crippen LogP contribution in [0.1, 0.15) is 48.0 Å². The molecule has 0 atom stereocenters. The number of carbonyl (C=O) groups is 2. The maximum atomic E-state index is 12.4. The number of unbranched alkanes of at least 4 members (excludes halogenated alkanes) is 3. The second-order valence-corrected chi connectivity index (χ2v) is 6.50. The third-order valence-electron chi connectivity index (χ3n) is 4.40. The summed E-state index contributed by atoms with van der Waals surface area (Å²) in [5, 5.41) is 2.94. The number of hydrogen-bond acceptors (Lipinski definition) is 4. The number of amides is 2. The molecule has 29 heavy (non-hydrogen) atoms. The molecule has 3 N–H and O–H groups in total. The lowest BCUT2D eigenvalue weighted by atomic mass is 10.1. The van der Waals surface area contributed by atoms with E-state index in [0.29, 0.717) is 25.1 Å². The molecule has 0 saturated carbocycles. The van der Waals surface area contributed by atoms with Gasteiger partial charge in [-0.1, -0.05) is 25.0 Å². The van der Waals surface area contributed by atoms with Crippen molar-refractivity contribution in [2.75, 3.05) is 18.5 Å². The van der Waals surface area contributed by atoms with Crippen molar-refractivity contribution in [2.45, 2.75) is 38.6 Å². The number of pyridine rings is 1. The van der Waals surface area contributed by atoms with Gasteiger partial charge in [0.15, 0.2) is 0 Å². The van der Waals surface area contributed by atoms with Crippen LogP contribution >= 0.6 is 24.8 Å². The van der Waals surface area contributed by atoms with Crippen molar-refractivity contribution in [3.63, 3.8) is 0 Å². The van der Waals surface area contributed by atoms with E-state index in [1.165, 1.54) is 0 Å². The van der Waals surface area contributed by atoms with Crippen LogP contribution in [0.15, 0.2) is 48.8 Å². The van der Waals surface area contributed by atoms with E-state index in [1.54, 1.807) is 36.5 Å². The molecule has 160 valence electrons. The zero-order valence-corrected chi connectivity index (χ0v) is 18.3. The summed E-state index contributed by atoms with van der Waals surface area (Å²) in [5.74, 6) is -0.0232. The standard InChI is InChI=1S/C21H28N4O2.2ClH/c1-25(21(27)18-11-14-23-15-12-18)19-9-7-17(8-10-19)16-24-20(26)6-4-2-3-5-13-22;;/h7-12,14-15H,2-6,13,16,22H2,1H3,(H,24,26);2*1H. The highest BCUT2D eigenvalue weighted by Crippen LogP contribution is 2.16. The van der Waals surface area contributed by atoms with Crippen LogP contribution in [0.2, 0.25) is 0 Å². The quantitative estimate of drug-likeness (QED) is 0.550. The summed E-state index contributed by atoms with van der Waals surface area (Å²) in [6.45, 7) is 1.20. The van der Waals surface area contributed by atoms with Crippen LogP contribution in [-0.4, -0.2) is 30.4 Å². The molecule has 1 aromatic carbocycles. The molecule has 0 radical (unpaired) electrons. The van der Waals surface area contributed by atoms with Gasteiger partial charge in [-0.3, -0.25) is 14.6 Å². The van der Waals surface area contributed by atoms with Gasteiger partial charge in [0.2, 0.25) is 5.91 Å². The van der Waals surface area contributed by atoms with Crippen molar-refractivity contribution in [3.8, 4) is 0 Å². The van der Waals surface area contributed by atoms with Gasteiger partial charge >= 0.3 is 0 Å². The highest BCUT2D eigenvalue weighted by atomic mass is 35.5. The minimum atomic E-state index is -0.0897. The Kier molecular flexibility index (Phi) is 13.7. The van der Waals surface area contributed by atoms with Crippen molar-refractivity contribution >= 4 is 42.3 Å². The summed E-state index contributed by atoms with van der Waals surface area (Å²) in [6.07, 6.45) is 7.79. The zero-order valence-electron chi connectivity index (χ0n) is 16.7. The summed E-state index contributed by atoms with van der Waals surface area (Å²) in [4.78, 5) is 29.8. The molecule has 0 unspecified atom stereocenters. The van der Waals surface area contributed by atoms with Crippen molar-refractivity contribution in [2.24, 2.45) is 5.73 Å². The largest absolute Gasteiger partial charge is 0.352 e. The molecule has 1 heterocycles. The number of benzene rings is 1. The number of nitrogens with zero attached hydrogens (tertiary/aromatic N) is 2. The Bertz CT molecular complexity index is 727. The van der Waals surface area contributed by atoms with Gasteiger partial charge in [0.25, 0.3) is 5.91 Å². The number of halogens is 2. The van der Waals surface area contributed by atoms with E-state index in [-0.39, 0.29) is 36.6 Å². The van der Waals surface area contributed by atoms with Crippen LogP contribution in [0.25, 0.3) is 0 Å². The van der Waals surface area contributed by atoms with E-state index in [2.05, 4.69) is 10.3 Å². The number of nitrogens with two attached hydrogens (primary N) is 1. The van der Waals surface area contributed by atoms with E-state index >= 15 is 0 Å². The Balaban J connectivity index is 0.00000392. The molecule has 1 aromatic heterocycles.